The summed E-state index contributed by atoms with van der Waals surface area (Å²) in [5, 5.41) is 4.52. The van der Waals surface area contributed by atoms with E-state index in [1.165, 1.54) is 19.3 Å². The summed E-state index contributed by atoms with van der Waals surface area (Å²) in [5.74, 6) is 0.939. The lowest BCUT2D eigenvalue weighted by Crippen LogP contribution is -2.41. The van der Waals surface area contributed by atoms with Crippen LogP contribution in [0.5, 0.6) is 0 Å². The molecule has 2 N–H and O–H groups in total. The fourth-order valence-corrected chi connectivity index (χ4v) is 3.41. The van der Waals surface area contributed by atoms with E-state index in [0.29, 0.717) is 24.8 Å². The van der Waals surface area contributed by atoms with Crippen LogP contribution >= 0.6 is 0 Å². The average molecular weight is 282 g/mol. The number of fused-ring (bicyclic) bond motifs is 2. The molecule has 2 bridgehead atoms. The minimum Gasteiger partial charge on any atom is -0.456 e. The zero-order valence-electron chi connectivity index (χ0n) is 11.8. The van der Waals surface area contributed by atoms with Gasteiger partial charge in [-0.15, -0.1) is 0 Å². The van der Waals surface area contributed by atoms with Crippen molar-refractivity contribution in [2.75, 3.05) is 13.2 Å². The lowest BCUT2D eigenvalue weighted by Gasteiger charge is -2.20. The highest BCUT2D eigenvalue weighted by Gasteiger charge is 2.40. The number of carbonyl (C=O) groups is 3. The summed E-state index contributed by atoms with van der Waals surface area (Å²) >= 11 is 0. The second-order valence-electron chi connectivity index (χ2n) is 5.71. The number of carbonyl (C=O) groups excluding carboxylic acids is 3. The third-order valence-electron chi connectivity index (χ3n) is 4.27. The Morgan fingerprint density at radius 3 is 2.60 bits per heavy atom. The maximum Gasteiger partial charge on any atom is 0.321 e. The maximum atomic E-state index is 11.7. The molecule has 2 aliphatic carbocycles. The van der Waals surface area contributed by atoms with Gasteiger partial charge in [0, 0.05) is 13.0 Å². The van der Waals surface area contributed by atoms with Gasteiger partial charge in [-0.3, -0.25) is 14.9 Å². The van der Waals surface area contributed by atoms with Crippen molar-refractivity contribution in [2.45, 2.75) is 39.0 Å². The molecule has 0 heterocycles. The Balaban J connectivity index is 1.62. The Hall–Kier alpha value is -1.59. The lowest BCUT2D eigenvalue weighted by molar-refractivity contribution is -0.149. The van der Waals surface area contributed by atoms with Crippen molar-refractivity contribution in [1.29, 1.82) is 0 Å². The van der Waals surface area contributed by atoms with Crippen LogP contribution in [0.25, 0.3) is 0 Å². The van der Waals surface area contributed by atoms with Gasteiger partial charge in [0.1, 0.15) is 0 Å². The Kier molecular flexibility index (Phi) is 4.98. The molecule has 2 saturated carbocycles. The van der Waals surface area contributed by atoms with Gasteiger partial charge in [-0.2, -0.15) is 0 Å². The number of ether oxygens (including phenoxy) is 1. The number of urea groups is 1. The number of esters is 1. The molecule has 0 spiro atoms. The van der Waals surface area contributed by atoms with Crippen molar-refractivity contribution in [3.63, 3.8) is 0 Å². The van der Waals surface area contributed by atoms with Crippen LogP contribution in [-0.4, -0.2) is 31.1 Å². The molecule has 6 heteroatoms. The highest BCUT2D eigenvalue weighted by Crippen LogP contribution is 2.49. The molecule has 0 radical (unpaired) electrons. The Labute approximate surface area is 118 Å². The Bertz CT molecular complexity index is 397. The van der Waals surface area contributed by atoms with E-state index in [0.717, 1.165) is 12.3 Å². The molecule has 0 aromatic heterocycles. The van der Waals surface area contributed by atoms with Crippen molar-refractivity contribution in [3.05, 3.63) is 0 Å². The first-order valence-corrected chi connectivity index (χ1v) is 7.31. The zero-order valence-corrected chi connectivity index (χ0v) is 11.8. The van der Waals surface area contributed by atoms with Crippen LogP contribution in [0.1, 0.15) is 39.0 Å². The summed E-state index contributed by atoms with van der Waals surface area (Å²) in [7, 11) is 0. The monoisotopic (exact) mass is 282 g/mol. The average Bonchev–Trinajstić information content (AvgIpc) is 2.99. The predicted octanol–water partition coefficient (Wildman–Crippen LogP) is 1.20. The summed E-state index contributed by atoms with van der Waals surface area (Å²) in [4.78, 5) is 34.1. The molecular weight excluding hydrogens is 260 g/mol. The van der Waals surface area contributed by atoms with E-state index in [9.17, 15) is 14.4 Å². The molecule has 3 atom stereocenters. The Morgan fingerprint density at radius 1 is 1.20 bits per heavy atom. The number of amides is 3. The van der Waals surface area contributed by atoms with E-state index in [4.69, 9.17) is 4.74 Å². The third-order valence-corrected chi connectivity index (χ3v) is 4.27. The fourth-order valence-electron chi connectivity index (χ4n) is 3.41. The van der Waals surface area contributed by atoms with Crippen molar-refractivity contribution in [2.24, 2.45) is 17.8 Å². The third kappa shape index (κ3) is 3.95. The van der Waals surface area contributed by atoms with E-state index in [2.05, 4.69) is 10.6 Å². The van der Waals surface area contributed by atoms with Crippen LogP contribution in [-0.2, 0) is 14.3 Å². The molecule has 3 amide bonds. The first kappa shape index (κ1) is 14.8. The van der Waals surface area contributed by atoms with Crippen LogP contribution in [0, 0.1) is 17.8 Å². The fraction of sp³-hybridized carbons (Fsp3) is 0.786. The van der Waals surface area contributed by atoms with E-state index >= 15 is 0 Å². The smallest absolute Gasteiger partial charge is 0.321 e. The summed E-state index contributed by atoms with van der Waals surface area (Å²) in [6.07, 6.45) is 5.28. The number of hydrogen-bond acceptors (Lipinski definition) is 4. The largest absolute Gasteiger partial charge is 0.456 e. The van der Waals surface area contributed by atoms with E-state index < -0.39 is 18.5 Å². The molecule has 20 heavy (non-hydrogen) atoms. The van der Waals surface area contributed by atoms with Gasteiger partial charge in [-0.05, 0) is 43.9 Å². The van der Waals surface area contributed by atoms with Crippen LogP contribution in [0.4, 0.5) is 4.79 Å². The molecule has 6 nitrogen and oxygen atoms in total. The van der Waals surface area contributed by atoms with Gasteiger partial charge in [0.15, 0.2) is 6.61 Å². The summed E-state index contributed by atoms with van der Waals surface area (Å²) in [5.41, 5.74) is 0. The van der Waals surface area contributed by atoms with Gasteiger partial charge in [0.2, 0.25) is 0 Å². The maximum absolute atomic E-state index is 11.7. The topological polar surface area (TPSA) is 84.5 Å². The highest BCUT2D eigenvalue weighted by molar-refractivity contribution is 5.95. The number of hydrogen-bond donors (Lipinski definition) is 2. The molecule has 0 aromatic carbocycles. The number of nitrogens with one attached hydrogen (secondary N) is 2. The minimum absolute atomic E-state index is 0.339. The first-order chi connectivity index (χ1) is 9.58. The van der Waals surface area contributed by atoms with Crippen LogP contribution in [0.2, 0.25) is 0 Å². The molecule has 2 rings (SSSR count). The predicted molar refractivity (Wildman–Crippen MR) is 71.7 cm³/mol. The van der Waals surface area contributed by atoms with Crippen LogP contribution in [0.15, 0.2) is 0 Å². The van der Waals surface area contributed by atoms with Gasteiger partial charge < -0.3 is 10.1 Å². The van der Waals surface area contributed by atoms with Crippen molar-refractivity contribution in [3.8, 4) is 0 Å². The van der Waals surface area contributed by atoms with E-state index in [-0.39, 0.29) is 5.97 Å². The molecule has 0 aromatic rings. The second-order valence-corrected chi connectivity index (χ2v) is 5.71. The minimum atomic E-state index is -0.600. The number of rotatable bonds is 5. The van der Waals surface area contributed by atoms with Crippen LogP contribution < -0.4 is 10.6 Å². The first-order valence-electron chi connectivity index (χ1n) is 7.31. The summed E-state index contributed by atoms with van der Waals surface area (Å²) < 4.78 is 4.92. The Morgan fingerprint density at radius 2 is 2.00 bits per heavy atom. The van der Waals surface area contributed by atoms with Gasteiger partial charge in [-0.1, -0.05) is 6.42 Å². The zero-order chi connectivity index (χ0) is 14.5. The molecule has 0 aliphatic heterocycles. The van der Waals surface area contributed by atoms with Gasteiger partial charge in [0.25, 0.3) is 5.91 Å². The molecule has 0 unspecified atom stereocenters. The van der Waals surface area contributed by atoms with Crippen LogP contribution in [0.3, 0.4) is 0 Å². The van der Waals surface area contributed by atoms with Crippen molar-refractivity contribution >= 4 is 17.9 Å². The van der Waals surface area contributed by atoms with E-state index in [1.54, 1.807) is 6.92 Å². The SMILES string of the molecule is CCNC(=O)NC(=O)COC(=O)C[C@@H]1C[C@H]2CC[C@@H]1C2. The highest BCUT2D eigenvalue weighted by atomic mass is 16.5. The molecule has 112 valence electrons. The quantitative estimate of drug-likeness (QED) is 0.742. The normalized spacial score (nSPS) is 27.1. The molecule has 2 fully saturated rings. The van der Waals surface area contributed by atoms with Gasteiger partial charge in [-0.25, -0.2) is 4.79 Å². The molecular formula is C14H22N2O4. The number of imide groups is 1. The van der Waals surface area contributed by atoms with E-state index in [1.807, 2.05) is 0 Å². The van der Waals surface area contributed by atoms with Gasteiger partial charge >= 0.3 is 12.0 Å². The molecule has 0 saturated heterocycles. The summed E-state index contributed by atoms with van der Waals surface area (Å²) in [6, 6.07) is -0.568. The summed E-state index contributed by atoms with van der Waals surface area (Å²) in [6.45, 7) is 1.79. The second kappa shape index (κ2) is 6.72. The van der Waals surface area contributed by atoms with Crippen molar-refractivity contribution in [1.82, 2.24) is 10.6 Å². The van der Waals surface area contributed by atoms with Crippen molar-refractivity contribution < 1.29 is 19.1 Å². The standard InChI is InChI=1S/C14H22N2O4/c1-2-15-14(19)16-12(17)8-20-13(18)7-11-6-9-3-4-10(11)5-9/h9-11H,2-8H2,1H3,(H2,15,16,17,19)/t9-,10+,11-/m0/s1. The van der Waals surface area contributed by atoms with Gasteiger partial charge in [0.05, 0.1) is 0 Å². The lowest BCUT2D eigenvalue weighted by atomic mass is 9.86. The molecule has 2 aliphatic rings.